The fourth-order valence-corrected chi connectivity index (χ4v) is 4.20. The van der Waals surface area contributed by atoms with Gasteiger partial charge >= 0.3 is 0 Å². The molecule has 20 heavy (non-hydrogen) atoms. The predicted octanol–water partition coefficient (Wildman–Crippen LogP) is 2.05. The number of carbonyl (C=O) groups is 2. The van der Waals surface area contributed by atoms with Gasteiger partial charge in [-0.3, -0.25) is 9.59 Å². The summed E-state index contributed by atoms with van der Waals surface area (Å²) < 4.78 is 0. The highest BCUT2D eigenvalue weighted by Crippen LogP contribution is 2.38. The van der Waals surface area contributed by atoms with E-state index in [1.807, 2.05) is 16.3 Å². The number of carbonyl (C=O) groups excluding carboxylic acids is 2. The monoisotopic (exact) mass is 292 g/mol. The Balaban J connectivity index is 1.66. The van der Waals surface area contributed by atoms with Gasteiger partial charge in [0.2, 0.25) is 5.91 Å². The van der Waals surface area contributed by atoms with E-state index in [0.29, 0.717) is 6.42 Å². The molecule has 5 heteroatoms. The number of piperidine rings is 1. The Kier molecular flexibility index (Phi) is 3.54. The maximum absolute atomic E-state index is 12.6. The van der Waals surface area contributed by atoms with Crippen LogP contribution in [-0.4, -0.2) is 36.3 Å². The second kappa shape index (κ2) is 5.20. The van der Waals surface area contributed by atoms with Gasteiger partial charge in [0.25, 0.3) is 5.91 Å². The summed E-state index contributed by atoms with van der Waals surface area (Å²) in [5, 5.41) is 4.93. The molecule has 0 radical (unpaired) electrons. The molecule has 4 nitrogen and oxygen atoms in total. The maximum atomic E-state index is 12.6. The van der Waals surface area contributed by atoms with Crippen molar-refractivity contribution in [3.05, 3.63) is 21.9 Å². The van der Waals surface area contributed by atoms with E-state index in [2.05, 4.69) is 12.2 Å². The van der Waals surface area contributed by atoms with Crippen LogP contribution in [0.5, 0.6) is 0 Å². The van der Waals surface area contributed by atoms with Gasteiger partial charge in [-0.05, 0) is 41.7 Å². The van der Waals surface area contributed by atoms with Gasteiger partial charge in [-0.25, -0.2) is 0 Å². The molecule has 0 aromatic carbocycles. The Morgan fingerprint density at radius 2 is 2.20 bits per heavy atom. The maximum Gasteiger partial charge on any atom is 0.264 e. The summed E-state index contributed by atoms with van der Waals surface area (Å²) in [5.74, 6) is 0.334. The third kappa shape index (κ3) is 2.35. The molecule has 0 aliphatic carbocycles. The van der Waals surface area contributed by atoms with Gasteiger partial charge in [-0.1, -0.05) is 6.92 Å². The van der Waals surface area contributed by atoms with Crippen molar-refractivity contribution in [1.82, 2.24) is 10.2 Å². The second-order valence-corrected chi connectivity index (χ2v) is 6.79. The van der Waals surface area contributed by atoms with Crippen LogP contribution >= 0.6 is 11.3 Å². The summed E-state index contributed by atoms with van der Waals surface area (Å²) in [6, 6.07) is 2.04. The van der Waals surface area contributed by atoms with Crippen LogP contribution in [0.3, 0.4) is 0 Å². The van der Waals surface area contributed by atoms with Crippen molar-refractivity contribution >= 4 is 23.2 Å². The standard InChI is InChI=1S/C15H20N2O2S/c1-2-11-3-8-20-13(11)14(19)17-6-4-15(5-7-17)9-12(18)16-10-15/h3,8H,2,4-7,9-10H2,1H3,(H,16,18). The van der Waals surface area contributed by atoms with Crippen LogP contribution in [0.4, 0.5) is 0 Å². The summed E-state index contributed by atoms with van der Waals surface area (Å²) >= 11 is 1.54. The Morgan fingerprint density at radius 3 is 2.80 bits per heavy atom. The molecule has 2 aliphatic heterocycles. The first-order valence-electron chi connectivity index (χ1n) is 7.26. The zero-order valence-corrected chi connectivity index (χ0v) is 12.6. The van der Waals surface area contributed by atoms with Gasteiger partial charge in [0.1, 0.15) is 0 Å². The third-order valence-corrected chi connectivity index (χ3v) is 5.57. The predicted molar refractivity (Wildman–Crippen MR) is 78.9 cm³/mol. The zero-order valence-electron chi connectivity index (χ0n) is 11.8. The van der Waals surface area contributed by atoms with E-state index < -0.39 is 0 Å². The fourth-order valence-electron chi connectivity index (χ4n) is 3.23. The molecular formula is C15H20N2O2S. The highest BCUT2D eigenvalue weighted by atomic mass is 32.1. The zero-order chi connectivity index (χ0) is 14.2. The highest BCUT2D eigenvalue weighted by molar-refractivity contribution is 7.12. The Morgan fingerprint density at radius 1 is 1.45 bits per heavy atom. The summed E-state index contributed by atoms with van der Waals surface area (Å²) in [7, 11) is 0. The van der Waals surface area contributed by atoms with E-state index in [1.54, 1.807) is 11.3 Å². The molecule has 2 aliphatic rings. The number of nitrogens with one attached hydrogen (secondary N) is 1. The highest BCUT2D eigenvalue weighted by Gasteiger charge is 2.41. The van der Waals surface area contributed by atoms with E-state index in [4.69, 9.17) is 0 Å². The minimum Gasteiger partial charge on any atom is -0.356 e. The first kappa shape index (κ1) is 13.6. The van der Waals surface area contributed by atoms with E-state index >= 15 is 0 Å². The first-order chi connectivity index (χ1) is 9.63. The lowest BCUT2D eigenvalue weighted by Crippen LogP contribution is -2.44. The molecule has 1 spiro atoms. The summed E-state index contributed by atoms with van der Waals surface area (Å²) in [5.41, 5.74) is 1.26. The quantitative estimate of drug-likeness (QED) is 0.907. The molecule has 1 N–H and O–H groups in total. The van der Waals surface area contributed by atoms with Crippen LogP contribution in [0, 0.1) is 5.41 Å². The Bertz CT molecular complexity index is 530. The molecule has 3 heterocycles. The molecule has 0 unspecified atom stereocenters. The number of aryl methyl sites for hydroxylation is 1. The van der Waals surface area contributed by atoms with Crippen molar-refractivity contribution in [3.63, 3.8) is 0 Å². The first-order valence-corrected chi connectivity index (χ1v) is 8.14. The molecule has 2 saturated heterocycles. The number of nitrogens with zero attached hydrogens (tertiary/aromatic N) is 1. The van der Waals surface area contributed by atoms with Crippen molar-refractivity contribution in [2.75, 3.05) is 19.6 Å². The van der Waals surface area contributed by atoms with Gasteiger partial charge in [0.15, 0.2) is 0 Å². The number of hydrogen-bond donors (Lipinski definition) is 1. The lowest BCUT2D eigenvalue weighted by atomic mass is 9.77. The molecule has 1 aromatic rings. The minimum atomic E-state index is 0.108. The van der Waals surface area contributed by atoms with Crippen molar-refractivity contribution in [2.45, 2.75) is 32.6 Å². The fraction of sp³-hybridized carbons (Fsp3) is 0.600. The normalized spacial score (nSPS) is 21.2. The van der Waals surface area contributed by atoms with E-state index in [1.165, 1.54) is 0 Å². The van der Waals surface area contributed by atoms with Crippen molar-refractivity contribution in [2.24, 2.45) is 5.41 Å². The molecular weight excluding hydrogens is 272 g/mol. The molecule has 0 saturated carbocycles. The molecule has 0 atom stereocenters. The smallest absolute Gasteiger partial charge is 0.264 e. The number of rotatable bonds is 2. The van der Waals surface area contributed by atoms with Gasteiger partial charge < -0.3 is 10.2 Å². The van der Waals surface area contributed by atoms with Crippen LogP contribution in [-0.2, 0) is 11.2 Å². The lowest BCUT2D eigenvalue weighted by molar-refractivity contribution is -0.119. The molecule has 3 rings (SSSR count). The number of thiophene rings is 1. The van der Waals surface area contributed by atoms with E-state index in [-0.39, 0.29) is 17.2 Å². The van der Waals surface area contributed by atoms with Gasteiger partial charge in [-0.15, -0.1) is 11.3 Å². The van der Waals surface area contributed by atoms with E-state index in [0.717, 1.165) is 49.3 Å². The Hall–Kier alpha value is -1.36. The topological polar surface area (TPSA) is 49.4 Å². The van der Waals surface area contributed by atoms with Crippen LogP contribution in [0.2, 0.25) is 0 Å². The van der Waals surface area contributed by atoms with Gasteiger partial charge in [0.05, 0.1) is 4.88 Å². The second-order valence-electron chi connectivity index (χ2n) is 5.87. The SMILES string of the molecule is CCc1ccsc1C(=O)N1CCC2(CC1)CNC(=O)C2. The van der Waals surface area contributed by atoms with Crippen LogP contribution in [0.1, 0.15) is 41.4 Å². The molecule has 0 bridgehead atoms. The third-order valence-electron chi connectivity index (χ3n) is 4.63. The number of hydrogen-bond acceptors (Lipinski definition) is 3. The van der Waals surface area contributed by atoms with Gasteiger partial charge in [-0.2, -0.15) is 0 Å². The van der Waals surface area contributed by atoms with Crippen molar-refractivity contribution in [1.29, 1.82) is 0 Å². The summed E-state index contributed by atoms with van der Waals surface area (Å²) in [6.45, 7) is 4.41. The Labute approximate surface area is 123 Å². The number of likely N-dealkylation sites (tertiary alicyclic amines) is 1. The van der Waals surface area contributed by atoms with Gasteiger partial charge in [0, 0.05) is 26.1 Å². The summed E-state index contributed by atoms with van der Waals surface area (Å²) in [4.78, 5) is 26.8. The largest absolute Gasteiger partial charge is 0.356 e. The van der Waals surface area contributed by atoms with E-state index in [9.17, 15) is 9.59 Å². The molecule has 108 valence electrons. The van der Waals surface area contributed by atoms with Crippen molar-refractivity contribution < 1.29 is 9.59 Å². The summed E-state index contributed by atoms with van der Waals surface area (Å²) in [6.07, 6.45) is 3.41. The lowest BCUT2D eigenvalue weighted by Gasteiger charge is -2.38. The van der Waals surface area contributed by atoms with Crippen LogP contribution in [0.15, 0.2) is 11.4 Å². The van der Waals surface area contributed by atoms with Crippen molar-refractivity contribution in [3.8, 4) is 0 Å². The molecule has 2 amide bonds. The number of amides is 2. The van der Waals surface area contributed by atoms with Crippen LogP contribution in [0.25, 0.3) is 0 Å². The molecule has 1 aromatic heterocycles. The minimum absolute atomic E-state index is 0.108. The molecule has 2 fully saturated rings. The average Bonchev–Trinajstić information content (AvgIpc) is 3.06. The van der Waals surface area contributed by atoms with Crippen LogP contribution < -0.4 is 5.32 Å². The average molecular weight is 292 g/mol.